The monoisotopic (exact) mass is 249 g/mol. The average molecular weight is 249 g/mol. The number of carbonyl (C=O) groups is 1. The molecule has 0 aromatic carbocycles. The van der Waals surface area contributed by atoms with Gasteiger partial charge in [0.25, 0.3) is 0 Å². The Hall–Kier alpha value is -0.620. The third-order valence-electron chi connectivity index (χ3n) is 2.56. The highest BCUT2D eigenvalue weighted by molar-refractivity contribution is 7.89. The predicted molar refractivity (Wildman–Crippen MR) is 60.5 cm³/mol. The van der Waals surface area contributed by atoms with Crippen molar-refractivity contribution in [2.45, 2.75) is 39.7 Å². The Morgan fingerprint density at radius 2 is 1.94 bits per heavy atom. The van der Waals surface area contributed by atoms with Gasteiger partial charge in [0.2, 0.25) is 10.0 Å². The normalized spacial score (nSPS) is 19.4. The molecule has 0 amide bonds. The lowest BCUT2D eigenvalue weighted by molar-refractivity contribution is -0.141. The number of carboxylic acid groups (broad SMARTS) is 1. The maximum absolute atomic E-state index is 11.7. The van der Waals surface area contributed by atoms with Gasteiger partial charge in [0, 0.05) is 0 Å². The second-order valence-electron chi connectivity index (χ2n) is 5.48. The average Bonchev–Trinajstić information content (AvgIpc) is 2.80. The van der Waals surface area contributed by atoms with Crippen LogP contribution in [0.25, 0.3) is 0 Å². The Labute approximate surface area is 96.3 Å². The molecule has 6 heteroatoms. The van der Waals surface area contributed by atoms with Crippen LogP contribution in [0.2, 0.25) is 0 Å². The van der Waals surface area contributed by atoms with Crippen molar-refractivity contribution in [3.63, 3.8) is 0 Å². The van der Waals surface area contributed by atoms with Gasteiger partial charge in [-0.2, -0.15) is 0 Å². The molecule has 0 aromatic heterocycles. The minimum absolute atomic E-state index is 0.0485. The van der Waals surface area contributed by atoms with E-state index in [9.17, 15) is 13.2 Å². The maximum Gasteiger partial charge on any atom is 0.322 e. The molecular weight excluding hydrogens is 230 g/mol. The van der Waals surface area contributed by atoms with Gasteiger partial charge in [-0.1, -0.05) is 20.8 Å². The summed E-state index contributed by atoms with van der Waals surface area (Å²) in [7, 11) is -3.48. The summed E-state index contributed by atoms with van der Waals surface area (Å²) in [6, 6.07) is -1.07. The Kier molecular flexibility index (Phi) is 3.64. The standard InChI is InChI=1S/C10H19NO4S/c1-10(2,3)8(9(12)13)11-16(14,15)6-7-4-5-7/h7-8,11H,4-6H2,1-3H3,(H,12,13)/t8-/m1/s1. The van der Waals surface area contributed by atoms with Crippen molar-refractivity contribution >= 4 is 16.0 Å². The van der Waals surface area contributed by atoms with Crippen LogP contribution in [0.3, 0.4) is 0 Å². The van der Waals surface area contributed by atoms with Crippen LogP contribution in [0.5, 0.6) is 0 Å². The van der Waals surface area contributed by atoms with Crippen LogP contribution in [-0.4, -0.2) is 31.3 Å². The second-order valence-corrected chi connectivity index (χ2v) is 7.28. The van der Waals surface area contributed by atoms with E-state index in [0.29, 0.717) is 0 Å². The molecule has 0 bridgehead atoms. The molecule has 0 saturated heterocycles. The fourth-order valence-corrected chi connectivity index (χ4v) is 3.28. The van der Waals surface area contributed by atoms with Gasteiger partial charge >= 0.3 is 5.97 Å². The van der Waals surface area contributed by atoms with E-state index in [1.807, 2.05) is 0 Å². The van der Waals surface area contributed by atoms with E-state index in [-0.39, 0.29) is 11.7 Å². The molecule has 16 heavy (non-hydrogen) atoms. The highest BCUT2D eigenvalue weighted by Gasteiger charge is 2.36. The van der Waals surface area contributed by atoms with Gasteiger partial charge in [-0.15, -0.1) is 0 Å². The smallest absolute Gasteiger partial charge is 0.322 e. The van der Waals surface area contributed by atoms with Crippen molar-refractivity contribution in [1.29, 1.82) is 0 Å². The number of hydrogen-bond donors (Lipinski definition) is 2. The molecule has 1 aliphatic rings. The van der Waals surface area contributed by atoms with Gasteiger partial charge in [-0.05, 0) is 24.2 Å². The number of carboxylic acids is 1. The summed E-state index contributed by atoms with van der Waals surface area (Å²) < 4.78 is 25.6. The van der Waals surface area contributed by atoms with Crippen molar-refractivity contribution in [2.75, 3.05) is 5.75 Å². The van der Waals surface area contributed by atoms with E-state index in [2.05, 4.69) is 4.72 Å². The number of rotatable bonds is 5. The molecule has 1 aliphatic carbocycles. The summed E-state index contributed by atoms with van der Waals surface area (Å²) in [5.41, 5.74) is -0.636. The lowest BCUT2D eigenvalue weighted by atomic mass is 9.88. The van der Waals surface area contributed by atoms with Gasteiger partial charge in [0.15, 0.2) is 0 Å². The molecule has 0 spiro atoms. The van der Waals surface area contributed by atoms with E-state index in [0.717, 1.165) is 12.8 Å². The maximum atomic E-state index is 11.7. The van der Waals surface area contributed by atoms with Crippen molar-refractivity contribution in [1.82, 2.24) is 4.72 Å². The van der Waals surface area contributed by atoms with Crippen LogP contribution >= 0.6 is 0 Å². The Morgan fingerprint density at radius 1 is 1.44 bits per heavy atom. The first-order chi connectivity index (χ1) is 7.12. The summed E-state index contributed by atoms with van der Waals surface area (Å²) in [5.74, 6) is -0.869. The van der Waals surface area contributed by atoms with Crippen LogP contribution in [0.1, 0.15) is 33.6 Å². The zero-order valence-electron chi connectivity index (χ0n) is 9.86. The van der Waals surface area contributed by atoms with Crippen LogP contribution < -0.4 is 4.72 Å². The van der Waals surface area contributed by atoms with Crippen LogP contribution in [-0.2, 0) is 14.8 Å². The number of hydrogen-bond acceptors (Lipinski definition) is 3. The molecule has 0 heterocycles. The van der Waals surface area contributed by atoms with Crippen molar-refractivity contribution < 1.29 is 18.3 Å². The van der Waals surface area contributed by atoms with Crippen molar-refractivity contribution in [3.8, 4) is 0 Å². The molecule has 1 rings (SSSR count). The number of aliphatic carboxylic acids is 1. The summed E-state index contributed by atoms with van der Waals surface area (Å²) in [4.78, 5) is 11.0. The quantitative estimate of drug-likeness (QED) is 0.755. The second kappa shape index (κ2) is 4.33. The minimum Gasteiger partial charge on any atom is -0.480 e. The molecule has 0 radical (unpaired) electrons. The van der Waals surface area contributed by atoms with Crippen LogP contribution in [0.4, 0.5) is 0 Å². The molecule has 0 unspecified atom stereocenters. The van der Waals surface area contributed by atoms with Gasteiger partial charge in [-0.25, -0.2) is 13.1 Å². The molecule has 1 fully saturated rings. The summed E-state index contributed by atoms with van der Waals surface area (Å²) >= 11 is 0. The third-order valence-corrected chi connectivity index (χ3v) is 4.07. The van der Waals surface area contributed by atoms with E-state index in [1.165, 1.54) is 0 Å². The zero-order chi connectivity index (χ0) is 12.6. The molecule has 0 aliphatic heterocycles. The first-order valence-electron chi connectivity index (χ1n) is 5.34. The SMILES string of the molecule is CC(C)(C)[C@H](NS(=O)(=O)CC1CC1)C(=O)O. The van der Waals surface area contributed by atoms with Crippen LogP contribution in [0.15, 0.2) is 0 Å². The van der Waals surface area contributed by atoms with Gasteiger partial charge in [0.05, 0.1) is 5.75 Å². The predicted octanol–water partition coefficient (Wildman–Crippen LogP) is 0.815. The van der Waals surface area contributed by atoms with Crippen molar-refractivity contribution in [3.05, 3.63) is 0 Å². The summed E-state index contributed by atoms with van der Waals surface area (Å²) in [6.07, 6.45) is 1.85. The molecule has 5 nitrogen and oxygen atoms in total. The van der Waals surface area contributed by atoms with Crippen LogP contribution in [0, 0.1) is 11.3 Å². The van der Waals surface area contributed by atoms with Gasteiger partial charge < -0.3 is 5.11 Å². The fourth-order valence-electron chi connectivity index (χ4n) is 1.42. The number of sulfonamides is 1. The number of nitrogens with one attached hydrogen (secondary N) is 1. The Balaban J connectivity index is 2.70. The molecule has 94 valence electrons. The lowest BCUT2D eigenvalue weighted by Gasteiger charge is -2.27. The fraction of sp³-hybridized carbons (Fsp3) is 0.900. The molecule has 2 N–H and O–H groups in total. The summed E-state index contributed by atoms with van der Waals surface area (Å²) in [5, 5.41) is 9.00. The largest absolute Gasteiger partial charge is 0.480 e. The highest BCUT2D eigenvalue weighted by Crippen LogP contribution is 2.30. The highest BCUT2D eigenvalue weighted by atomic mass is 32.2. The minimum atomic E-state index is -3.48. The van der Waals surface area contributed by atoms with E-state index in [1.54, 1.807) is 20.8 Å². The lowest BCUT2D eigenvalue weighted by Crippen LogP contribution is -2.49. The Morgan fingerprint density at radius 3 is 2.25 bits per heavy atom. The molecular formula is C10H19NO4S. The first kappa shape index (κ1) is 13.4. The third kappa shape index (κ3) is 4.09. The van der Waals surface area contributed by atoms with Gasteiger partial charge in [0.1, 0.15) is 6.04 Å². The van der Waals surface area contributed by atoms with Crippen molar-refractivity contribution in [2.24, 2.45) is 11.3 Å². The first-order valence-corrected chi connectivity index (χ1v) is 7.00. The summed E-state index contributed by atoms with van der Waals surface area (Å²) in [6.45, 7) is 5.10. The molecule has 0 aromatic rings. The molecule has 1 atom stereocenters. The van der Waals surface area contributed by atoms with Gasteiger partial charge in [-0.3, -0.25) is 4.79 Å². The zero-order valence-corrected chi connectivity index (χ0v) is 10.7. The van der Waals surface area contributed by atoms with E-state index >= 15 is 0 Å². The molecule has 1 saturated carbocycles. The van der Waals surface area contributed by atoms with E-state index < -0.39 is 27.4 Å². The van der Waals surface area contributed by atoms with E-state index in [4.69, 9.17) is 5.11 Å². The topological polar surface area (TPSA) is 83.5 Å². The Bertz CT molecular complexity index is 365.